The number of aromatic amines is 1. The van der Waals surface area contributed by atoms with E-state index in [0.717, 1.165) is 45.7 Å². The Balaban J connectivity index is 1.76. The number of rotatable bonds is 4. The predicted molar refractivity (Wildman–Crippen MR) is 105 cm³/mol. The summed E-state index contributed by atoms with van der Waals surface area (Å²) in [7, 11) is 0. The van der Waals surface area contributed by atoms with Crippen LogP contribution in [0.3, 0.4) is 0 Å². The first-order chi connectivity index (χ1) is 12.5. The average Bonchev–Trinajstić information content (AvgIpc) is 3.22. The highest BCUT2D eigenvalue weighted by Gasteiger charge is 2.13. The van der Waals surface area contributed by atoms with Gasteiger partial charge in [-0.15, -0.1) is 0 Å². The number of imidazole rings is 1. The molecule has 26 heavy (non-hydrogen) atoms. The van der Waals surface area contributed by atoms with Crippen LogP contribution in [0, 0.1) is 12.8 Å². The Hall–Kier alpha value is -3.15. The first kappa shape index (κ1) is 16.3. The van der Waals surface area contributed by atoms with Gasteiger partial charge in [-0.25, -0.2) is 9.97 Å². The predicted octanol–water partition coefficient (Wildman–Crippen LogP) is 4.04. The van der Waals surface area contributed by atoms with Crippen molar-refractivity contribution in [2.45, 2.75) is 27.3 Å². The third-order valence-corrected chi connectivity index (χ3v) is 4.42. The molecule has 0 saturated heterocycles. The number of anilines is 1. The van der Waals surface area contributed by atoms with Crippen LogP contribution in [0.25, 0.3) is 33.5 Å². The third kappa shape index (κ3) is 2.94. The maximum atomic E-state index is 6.14. The second-order valence-electron chi connectivity index (χ2n) is 7.06. The number of aryl methyl sites for hydroxylation is 1. The first-order valence-electron chi connectivity index (χ1n) is 8.75. The van der Waals surface area contributed by atoms with E-state index in [9.17, 15) is 0 Å². The monoisotopic (exact) mass is 346 g/mol. The van der Waals surface area contributed by atoms with E-state index in [1.807, 2.05) is 35.3 Å². The maximum absolute atomic E-state index is 6.14. The van der Waals surface area contributed by atoms with Gasteiger partial charge in [0, 0.05) is 30.1 Å². The lowest BCUT2D eigenvalue weighted by Gasteiger charge is -2.05. The van der Waals surface area contributed by atoms with Crippen LogP contribution in [0.15, 0.2) is 42.9 Å². The van der Waals surface area contributed by atoms with Gasteiger partial charge in [-0.3, -0.25) is 4.68 Å². The molecule has 4 aromatic rings. The van der Waals surface area contributed by atoms with Crippen LogP contribution in [-0.4, -0.2) is 24.7 Å². The van der Waals surface area contributed by atoms with Crippen LogP contribution in [0.1, 0.15) is 19.4 Å². The minimum atomic E-state index is 0.458. The van der Waals surface area contributed by atoms with Gasteiger partial charge < -0.3 is 10.7 Å². The largest absolute Gasteiger partial charge is 0.383 e. The van der Waals surface area contributed by atoms with Crippen molar-refractivity contribution in [2.75, 3.05) is 5.73 Å². The SMILES string of the molecule is Cc1cccc2nc(-c3cc(-c4cnn(CC(C)C)c4)cnc3N)[nH]c12. The van der Waals surface area contributed by atoms with E-state index in [2.05, 4.69) is 46.9 Å². The van der Waals surface area contributed by atoms with E-state index in [1.165, 1.54) is 0 Å². The van der Waals surface area contributed by atoms with E-state index in [4.69, 9.17) is 5.73 Å². The zero-order valence-electron chi connectivity index (χ0n) is 15.2. The second kappa shape index (κ2) is 6.29. The van der Waals surface area contributed by atoms with Crippen LogP contribution in [0.2, 0.25) is 0 Å². The normalized spacial score (nSPS) is 11.5. The number of aromatic nitrogens is 5. The number of nitrogens with two attached hydrogens (primary N) is 1. The molecule has 1 aromatic carbocycles. The first-order valence-corrected chi connectivity index (χ1v) is 8.75. The van der Waals surface area contributed by atoms with Gasteiger partial charge in [0.05, 0.1) is 22.8 Å². The quantitative estimate of drug-likeness (QED) is 0.584. The lowest BCUT2D eigenvalue weighted by atomic mass is 10.1. The van der Waals surface area contributed by atoms with E-state index in [0.29, 0.717) is 11.7 Å². The molecule has 0 amide bonds. The van der Waals surface area contributed by atoms with Gasteiger partial charge in [-0.05, 0) is 30.5 Å². The fourth-order valence-electron chi connectivity index (χ4n) is 3.11. The fraction of sp³-hybridized carbons (Fsp3) is 0.250. The topological polar surface area (TPSA) is 85.4 Å². The van der Waals surface area contributed by atoms with Crippen molar-refractivity contribution in [2.24, 2.45) is 5.92 Å². The molecule has 0 saturated carbocycles. The molecular weight excluding hydrogens is 324 g/mol. The summed E-state index contributed by atoms with van der Waals surface area (Å²) < 4.78 is 1.96. The molecule has 0 spiro atoms. The van der Waals surface area contributed by atoms with Gasteiger partial charge >= 0.3 is 0 Å². The molecule has 0 aliphatic heterocycles. The number of nitrogens with zero attached hydrogens (tertiary/aromatic N) is 4. The number of para-hydroxylation sites is 1. The zero-order chi connectivity index (χ0) is 18.3. The molecule has 0 aliphatic carbocycles. The van der Waals surface area contributed by atoms with Gasteiger partial charge in [0.1, 0.15) is 11.6 Å². The van der Waals surface area contributed by atoms with Gasteiger partial charge in [-0.2, -0.15) is 5.10 Å². The van der Waals surface area contributed by atoms with E-state index in [-0.39, 0.29) is 0 Å². The highest BCUT2D eigenvalue weighted by Crippen LogP contribution is 2.29. The van der Waals surface area contributed by atoms with E-state index >= 15 is 0 Å². The lowest BCUT2D eigenvalue weighted by Crippen LogP contribution is -2.04. The molecule has 0 unspecified atom stereocenters. The van der Waals surface area contributed by atoms with Crippen LogP contribution in [-0.2, 0) is 6.54 Å². The number of hydrogen-bond donors (Lipinski definition) is 2. The Bertz CT molecular complexity index is 1070. The second-order valence-corrected chi connectivity index (χ2v) is 7.06. The van der Waals surface area contributed by atoms with Gasteiger partial charge in [0.2, 0.25) is 0 Å². The Morgan fingerprint density at radius 1 is 1.19 bits per heavy atom. The Morgan fingerprint density at radius 3 is 2.81 bits per heavy atom. The molecule has 6 nitrogen and oxygen atoms in total. The summed E-state index contributed by atoms with van der Waals surface area (Å²) in [5.74, 6) is 1.73. The number of pyridine rings is 1. The number of H-pyrrole nitrogens is 1. The summed E-state index contributed by atoms with van der Waals surface area (Å²) in [6.07, 6.45) is 5.69. The van der Waals surface area contributed by atoms with E-state index in [1.54, 1.807) is 6.20 Å². The van der Waals surface area contributed by atoms with Crippen LogP contribution in [0.4, 0.5) is 5.82 Å². The summed E-state index contributed by atoms with van der Waals surface area (Å²) in [6, 6.07) is 8.08. The fourth-order valence-corrected chi connectivity index (χ4v) is 3.11. The van der Waals surface area contributed by atoms with Gasteiger partial charge in [0.25, 0.3) is 0 Å². The third-order valence-electron chi connectivity index (χ3n) is 4.42. The van der Waals surface area contributed by atoms with Crippen molar-refractivity contribution in [3.8, 4) is 22.5 Å². The highest BCUT2D eigenvalue weighted by atomic mass is 15.3. The van der Waals surface area contributed by atoms with E-state index < -0.39 is 0 Å². The summed E-state index contributed by atoms with van der Waals surface area (Å²) in [5.41, 5.74) is 12.0. The zero-order valence-corrected chi connectivity index (χ0v) is 15.2. The molecule has 3 heterocycles. The van der Waals surface area contributed by atoms with Crippen LogP contribution < -0.4 is 5.73 Å². The van der Waals surface area contributed by atoms with Crippen molar-refractivity contribution in [1.29, 1.82) is 0 Å². The minimum absolute atomic E-state index is 0.458. The van der Waals surface area contributed by atoms with Crippen LogP contribution >= 0.6 is 0 Å². The molecule has 3 N–H and O–H groups in total. The van der Waals surface area contributed by atoms with Crippen molar-refractivity contribution in [3.05, 3.63) is 48.4 Å². The number of nitrogens with one attached hydrogen (secondary N) is 1. The minimum Gasteiger partial charge on any atom is -0.383 e. The molecule has 132 valence electrons. The highest BCUT2D eigenvalue weighted by molar-refractivity contribution is 5.85. The summed E-state index contributed by atoms with van der Waals surface area (Å²) >= 11 is 0. The Kier molecular flexibility index (Phi) is 3.95. The summed E-state index contributed by atoms with van der Waals surface area (Å²) in [5, 5.41) is 4.44. The molecule has 6 heteroatoms. The number of benzene rings is 1. The number of fused-ring (bicyclic) bond motifs is 1. The standard InChI is InChI=1S/C20H22N6/c1-12(2)10-26-11-15(9-23-26)14-7-16(19(21)22-8-14)20-24-17-6-4-5-13(3)18(17)25-20/h4-9,11-12H,10H2,1-3H3,(H2,21,22)(H,24,25). The molecular formula is C20H22N6. The van der Waals surface area contributed by atoms with Crippen molar-refractivity contribution < 1.29 is 0 Å². The summed E-state index contributed by atoms with van der Waals surface area (Å²) in [6.45, 7) is 7.30. The van der Waals surface area contributed by atoms with Crippen molar-refractivity contribution >= 4 is 16.9 Å². The average molecular weight is 346 g/mol. The van der Waals surface area contributed by atoms with Crippen LogP contribution in [0.5, 0.6) is 0 Å². The van der Waals surface area contributed by atoms with Gasteiger partial charge in [0.15, 0.2) is 0 Å². The molecule has 0 bridgehead atoms. The summed E-state index contributed by atoms with van der Waals surface area (Å²) in [4.78, 5) is 12.4. The molecule has 0 radical (unpaired) electrons. The van der Waals surface area contributed by atoms with Crippen molar-refractivity contribution in [3.63, 3.8) is 0 Å². The Labute approximate surface area is 152 Å². The molecule has 3 aromatic heterocycles. The lowest BCUT2D eigenvalue weighted by molar-refractivity contribution is 0.483. The maximum Gasteiger partial charge on any atom is 0.142 e. The number of nitrogen functional groups attached to an aromatic ring is 1. The smallest absolute Gasteiger partial charge is 0.142 e. The molecule has 0 fully saturated rings. The molecule has 0 atom stereocenters. The van der Waals surface area contributed by atoms with Gasteiger partial charge in [-0.1, -0.05) is 26.0 Å². The molecule has 4 rings (SSSR count). The van der Waals surface area contributed by atoms with Crippen molar-refractivity contribution in [1.82, 2.24) is 24.7 Å². The molecule has 0 aliphatic rings. The number of hydrogen-bond acceptors (Lipinski definition) is 4. The Morgan fingerprint density at radius 2 is 2.04 bits per heavy atom.